The van der Waals surface area contributed by atoms with E-state index >= 15 is 0 Å². The summed E-state index contributed by atoms with van der Waals surface area (Å²) in [6.45, 7) is 0. The minimum atomic E-state index is -0.545. The fourth-order valence-electron chi connectivity index (χ4n) is 5.17. The summed E-state index contributed by atoms with van der Waals surface area (Å²) < 4.78 is 15.5. The van der Waals surface area contributed by atoms with E-state index in [2.05, 4.69) is 4.90 Å². The quantitative estimate of drug-likeness (QED) is 0.443. The van der Waals surface area contributed by atoms with E-state index in [4.69, 9.17) is 25.8 Å². The van der Waals surface area contributed by atoms with Crippen LogP contribution in [-0.2, 0) is 25.5 Å². The Morgan fingerprint density at radius 3 is 1.91 bits per heavy atom. The number of nitrogens with zero attached hydrogens (tertiary/aromatic N) is 1. The summed E-state index contributed by atoms with van der Waals surface area (Å²) in [5, 5.41) is 0.563. The van der Waals surface area contributed by atoms with Gasteiger partial charge in [0.25, 0.3) is 0 Å². The molecular weight excluding hydrogens is 466 g/mol. The maximum absolute atomic E-state index is 13.0. The first-order valence-corrected chi connectivity index (χ1v) is 11.6. The number of carbonyl (C=O) groups excluding carboxylic acids is 2. The van der Waals surface area contributed by atoms with Crippen molar-refractivity contribution in [2.24, 2.45) is 0 Å². The van der Waals surface area contributed by atoms with Crippen LogP contribution < -0.4 is 9.64 Å². The van der Waals surface area contributed by atoms with Gasteiger partial charge in [-0.05, 0) is 52.9 Å². The third-order valence-corrected chi connectivity index (χ3v) is 6.90. The van der Waals surface area contributed by atoms with Crippen molar-refractivity contribution in [2.75, 3.05) is 26.2 Å². The topological polar surface area (TPSA) is 65.1 Å². The van der Waals surface area contributed by atoms with Crippen LogP contribution in [-0.4, -0.2) is 33.3 Å². The van der Waals surface area contributed by atoms with Crippen molar-refractivity contribution in [1.29, 1.82) is 0 Å². The summed E-state index contributed by atoms with van der Waals surface area (Å²) in [6, 6.07) is 20.4. The predicted octanol–water partition coefficient (Wildman–Crippen LogP) is 5.20. The van der Waals surface area contributed by atoms with E-state index in [0.29, 0.717) is 22.6 Å². The Morgan fingerprint density at radius 2 is 1.40 bits per heavy atom. The number of hydrogen-bond acceptors (Lipinski definition) is 6. The number of benzene rings is 3. The molecule has 2 atom stereocenters. The van der Waals surface area contributed by atoms with E-state index in [0.717, 1.165) is 33.7 Å². The Kier molecular flexibility index (Phi) is 5.99. The fourth-order valence-corrected chi connectivity index (χ4v) is 5.34. The summed E-state index contributed by atoms with van der Waals surface area (Å²) in [7, 11) is 4.28. The predicted molar refractivity (Wildman–Crippen MR) is 133 cm³/mol. The highest BCUT2D eigenvalue weighted by molar-refractivity contribution is 6.31. The van der Waals surface area contributed by atoms with Gasteiger partial charge < -0.3 is 19.1 Å². The molecule has 2 bridgehead atoms. The first-order chi connectivity index (χ1) is 17.0. The normalized spacial score (nSPS) is 17.9. The zero-order valence-corrected chi connectivity index (χ0v) is 20.3. The number of anilines is 1. The molecule has 3 aromatic carbocycles. The zero-order valence-electron chi connectivity index (χ0n) is 19.6. The van der Waals surface area contributed by atoms with Gasteiger partial charge in [-0.25, -0.2) is 9.59 Å². The summed E-state index contributed by atoms with van der Waals surface area (Å²) in [5.41, 5.74) is 5.48. The zero-order chi connectivity index (χ0) is 24.7. The van der Waals surface area contributed by atoms with Crippen molar-refractivity contribution in [3.63, 3.8) is 0 Å². The number of esters is 2. The minimum absolute atomic E-state index is 0.304. The molecule has 2 heterocycles. The van der Waals surface area contributed by atoms with Gasteiger partial charge in [0.15, 0.2) is 0 Å². The SMILES string of the molecule is COC(=O)C1=C(C(=O)OC)[C@H]2c3ccccc3[C@@H]1N2c1cc(Cl)ccc1Cc1ccc(OC)cc1. The minimum Gasteiger partial charge on any atom is -0.497 e. The number of carbonyl (C=O) groups is 2. The molecule has 2 aliphatic heterocycles. The second kappa shape index (κ2) is 9.12. The first-order valence-electron chi connectivity index (χ1n) is 11.2. The molecule has 0 saturated heterocycles. The third-order valence-electron chi connectivity index (χ3n) is 6.67. The molecule has 0 amide bonds. The molecule has 35 heavy (non-hydrogen) atoms. The lowest BCUT2D eigenvalue weighted by molar-refractivity contribution is -0.139. The van der Waals surface area contributed by atoms with Gasteiger partial charge in [0.2, 0.25) is 0 Å². The van der Waals surface area contributed by atoms with Gasteiger partial charge in [-0.2, -0.15) is 0 Å². The molecule has 0 spiro atoms. The molecule has 0 fully saturated rings. The van der Waals surface area contributed by atoms with Crippen molar-refractivity contribution in [3.05, 3.63) is 105 Å². The average molecular weight is 490 g/mol. The Hall–Kier alpha value is -3.77. The van der Waals surface area contributed by atoms with Crippen LogP contribution in [0.25, 0.3) is 0 Å². The highest BCUT2D eigenvalue weighted by Gasteiger charge is 2.54. The smallest absolute Gasteiger partial charge is 0.336 e. The molecular formula is C28H24ClNO5. The van der Waals surface area contributed by atoms with E-state index < -0.39 is 24.0 Å². The van der Waals surface area contributed by atoms with Crippen LogP contribution in [0, 0.1) is 0 Å². The van der Waals surface area contributed by atoms with Gasteiger partial charge in [0.05, 0.1) is 44.6 Å². The molecule has 2 aliphatic rings. The molecule has 0 radical (unpaired) electrons. The number of halogens is 1. The van der Waals surface area contributed by atoms with Crippen LogP contribution in [0.2, 0.25) is 5.02 Å². The van der Waals surface area contributed by atoms with Crippen LogP contribution in [0.15, 0.2) is 77.9 Å². The van der Waals surface area contributed by atoms with Crippen molar-refractivity contribution in [2.45, 2.75) is 18.5 Å². The van der Waals surface area contributed by atoms with Crippen LogP contribution >= 0.6 is 11.6 Å². The lowest BCUT2D eigenvalue weighted by Gasteiger charge is -2.29. The molecule has 178 valence electrons. The number of ether oxygens (including phenoxy) is 3. The fraction of sp³-hybridized carbons (Fsp3) is 0.214. The van der Waals surface area contributed by atoms with E-state index in [1.165, 1.54) is 14.2 Å². The lowest BCUT2D eigenvalue weighted by Crippen LogP contribution is -2.24. The van der Waals surface area contributed by atoms with Crippen LogP contribution in [0.1, 0.15) is 34.3 Å². The molecule has 0 N–H and O–H groups in total. The van der Waals surface area contributed by atoms with Crippen LogP contribution in [0.3, 0.4) is 0 Å². The molecule has 7 heteroatoms. The maximum Gasteiger partial charge on any atom is 0.336 e. The van der Waals surface area contributed by atoms with Gasteiger partial charge >= 0.3 is 11.9 Å². The van der Waals surface area contributed by atoms with Gasteiger partial charge in [-0.1, -0.05) is 54.1 Å². The molecule has 0 unspecified atom stereocenters. The Morgan fingerprint density at radius 1 is 0.829 bits per heavy atom. The lowest BCUT2D eigenvalue weighted by atomic mass is 9.86. The van der Waals surface area contributed by atoms with Crippen LogP contribution in [0.4, 0.5) is 5.69 Å². The number of rotatable bonds is 6. The second-order valence-electron chi connectivity index (χ2n) is 8.45. The van der Waals surface area contributed by atoms with E-state index in [9.17, 15) is 9.59 Å². The summed E-state index contributed by atoms with van der Waals surface area (Å²) in [4.78, 5) is 28.0. The first kappa shape index (κ1) is 23.0. The molecule has 3 aromatic rings. The molecule has 6 nitrogen and oxygen atoms in total. The Bertz CT molecular complexity index is 1290. The van der Waals surface area contributed by atoms with Crippen molar-refractivity contribution >= 4 is 29.2 Å². The van der Waals surface area contributed by atoms with E-state index in [1.54, 1.807) is 7.11 Å². The van der Waals surface area contributed by atoms with E-state index in [-0.39, 0.29) is 0 Å². The average Bonchev–Trinajstić information content (AvgIpc) is 3.41. The monoisotopic (exact) mass is 489 g/mol. The summed E-state index contributed by atoms with van der Waals surface area (Å²) >= 11 is 6.48. The standard InChI is InChI=1S/C28H24ClNO5/c1-33-19-12-8-16(9-13-19)14-17-10-11-18(29)15-22(17)30-25-20-6-4-5-7-21(20)26(30)24(28(32)35-3)23(25)27(31)34-2/h4-13,15,25-26H,14H2,1-3H3/t25-,26+. The maximum atomic E-state index is 13.0. The van der Waals surface area contributed by atoms with Crippen molar-refractivity contribution in [3.8, 4) is 5.75 Å². The molecule has 5 rings (SSSR count). The van der Waals surface area contributed by atoms with Gasteiger partial charge in [-0.3, -0.25) is 0 Å². The third kappa shape index (κ3) is 3.74. The van der Waals surface area contributed by atoms with Crippen molar-refractivity contribution in [1.82, 2.24) is 0 Å². The van der Waals surface area contributed by atoms with Gasteiger partial charge in [0, 0.05) is 10.7 Å². The summed E-state index contributed by atoms with van der Waals surface area (Å²) in [5.74, 6) is -0.306. The second-order valence-corrected chi connectivity index (χ2v) is 8.89. The largest absolute Gasteiger partial charge is 0.497 e. The van der Waals surface area contributed by atoms with E-state index in [1.807, 2.05) is 66.7 Å². The highest BCUT2D eigenvalue weighted by atomic mass is 35.5. The van der Waals surface area contributed by atoms with Gasteiger partial charge in [0.1, 0.15) is 5.75 Å². The molecule has 0 saturated carbocycles. The highest BCUT2D eigenvalue weighted by Crippen LogP contribution is 2.59. The molecule has 0 aliphatic carbocycles. The number of methoxy groups -OCH3 is 3. The summed E-state index contributed by atoms with van der Waals surface area (Å²) in [6.07, 6.45) is 0.629. The van der Waals surface area contributed by atoms with Crippen LogP contribution in [0.5, 0.6) is 5.75 Å². The molecule has 0 aromatic heterocycles. The van der Waals surface area contributed by atoms with Gasteiger partial charge in [-0.15, -0.1) is 0 Å². The van der Waals surface area contributed by atoms with Crippen molar-refractivity contribution < 1.29 is 23.8 Å². The Labute approximate surface area is 208 Å². The number of hydrogen-bond donors (Lipinski definition) is 0. The number of fused-ring (bicyclic) bond motifs is 5. The Balaban J connectivity index is 1.66.